The van der Waals surface area contributed by atoms with Crippen molar-refractivity contribution in [2.45, 2.75) is 39.0 Å². The number of hydrogen-bond donors (Lipinski definition) is 2. The number of carbonyl (C=O) groups is 1. The molecule has 0 aromatic carbocycles. The van der Waals surface area contributed by atoms with E-state index in [1.165, 1.54) is 19.3 Å². The number of hydrogen-bond acceptors (Lipinski definition) is 1. The topological polar surface area (TPSA) is 53.1 Å². The monoisotopic (exact) mass is 195 g/mol. The van der Waals surface area contributed by atoms with Gasteiger partial charge in [0.1, 0.15) is 5.69 Å². The van der Waals surface area contributed by atoms with Crippen LogP contribution in [0.2, 0.25) is 0 Å². The number of aromatic carboxylic acids is 1. The van der Waals surface area contributed by atoms with E-state index in [-0.39, 0.29) is 0 Å². The maximum atomic E-state index is 10.7. The number of nitrogens with one attached hydrogen (secondary N) is 1. The highest BCUT2D eigenvalue weighted by molar-refractivity contribution is 5.87. The van der Waals surface area contributed by atoms with Gasteiger partial charge in [0.25, 0.3) is 0 Å². The molecular weight excluding hydrogens is 178 g/mol. The van der Waals surface area contributed by atoms with E-state index in [0.717, 1.165) is 18.4 Å². The minimum absolute atomic E-state index is 0.349. The Bertz CT molecular complexity index is 291. The maximum absolute atomic E-state index is 10.7. The van der Waals surface area contributed by atoms with Crippen molar-refractivity contribution in [2.24, 2.45) is 0 Å². The Labute approximate surface area is 84.2 Å². The van der Waals surface area contributed by atoms with E-state index < -0.39 is 5.97 Å². The van der Waals surface area contributed by atoms with Gasteiger partial charge in [-0.25, -0.2) is 4.79 Å². The molecule has 1 heterocycles. The van der Waals surface area contributed by atoms with Gasteiger partial charge in [0.2, 0.25) is 0 Å². The lowest BCUT2D eigenvalue weighted by molar-refractivity contribution is 0.0690. The van der Waals surface area contributed by atoms with Crippen LogP contribution in [0.5, 0.6) is 0 Å². The van der Waals surface area contributed by atoms with Crippen molar-refractivity contribution in [1.29, 1.82) is 0 Å². The number of aromatic amines is 1. The number of aryl methyl sites for hydroxylation is 1. The van der Waals surface area contributed by atoms with Gasteiger partial charge in [-0.3, -0.25) is 0 Å². The van der Waals surface area contributed by atoms with Crippen LogP contribution < -0.4 is 0 Å². The summed E-state index contributed by atoms with van der Waals surface area (Å²) in [4.78, 5) is 13.5. The molecular formula is C11H17NO2. The van der Waals surface area contributed by atoms with Crippen LogP contribution in [0.25, 0.3) is 0 Å². The molecule has 3 nitrogen and oxygen atoms in total. The fraction of sp³-hybridized carbons (Fsp3) is 0.545. The molecule has 0 unspecified atom stereocenters. The number of aromatic nitrogens is 1. The summed E-state index contributed by atoms with van der Waals surface area (Å²) in [5, 5.41) is 8.83. The molecule has 14 heavy (non-hydrogen) atoms. The maximum Gasteiger partial charge on any atom is 0.352 e. The molecule has 0 aliphatic rings. The van der Waals surface area contributed by atoms with Crippen molar-refractivity contribution in [1.82, 2.24) is 4.98 Å². The standard InChI is InChI=1S/C11H17NO2/c1-2-3-4-5-6-9-7-8-12-10(9)11(13)14/h7-8,12H,2-6H2,1H3,(H,13,14). The average Bonchev–Trinajstić information content (AvgIpc) is 2.60. The Morgan fingerprint density at radius 2 is 2.21 bits per heavy atom. The summed E-state index contributed by atoms with van der Waals surface area (Å²) in [7, 11) is 0. The van der Waals surface area contributed by atoms with Crippen molar-refractivity contribution in [2.75, 3.05) is 0 Å². The number of rotatable bonds is 6. The third-order valence-electron chi connectivity index (χ3n) is 2.35. The van der Waals surface area contributed by atoms with Gasteiger partial charge in [0.05, 0.1) is 0 Å². The van der Waals surface area contributed by atoms with Gasteiger partial charge in [-0.05, 0) is 24.5 Å². The minimum Gasteiger partial charge on any atom is -0.477 e. The first-order valence-electron chi connectivity index (χ1n) is 5.15. The van der Waals surface area contributed by atoms with Gasteiger partial charge in [-0.1, -0.05) is 26.2 Å². The zero-order chi connectivity index (χ0) is 10.4. The molecule has 0 saturated heterocycles. The number of H-pyrrole nitrogens is 1. The van der Waals surface area contributed by atoms with Crippen LogP contribution in [-0.2, 0) is 6.42 Å². The van der Waals surface area contributed by atoms with Crippen molar-refractivity contribution in [3.8, 4) is 0 Å². The molecule has 2 N–H and O–H groups in total. The second kappa shape index (κ2) is 5.47. The molecule has 1 aromatic heterocycles. The molecule has 0 spiro atoms. The molecule has 0 saturated carbocycles. The van der Waals surface area contributed by atoms with Crippen molar-refractivity contribution >= 4 is 5.97 Å². The van der Waals surface area contributed by atoms with Gasteiger partial charge in [-0.2, -0.15) is 0 Å². The Balaban J connectivity index is 2.42. The van der Waals surface area contributed by atoms with Gasteiger partial charge in [-0.15, -0.1) is 0 Å². The van der Waals surface area contributed by atoms with Crippen molar-refractivity contribution in [3.05, 3.63) is 23.5 Å². The molecule has 1 rings (SSSR count). The van der Waals surface area contributed by atoms with Crippen molar-refractivity contribution < 1.29 is 9.90 Å². The van der Waals surface area contributed by atoms with E-state index in [0.29, 0.717) is 5.69 Å². The Hall–Kier alpha value is -1.25. The Kier molecular flexibility index (Phi) is 4.23. The number of carboxylic acid groups (broad SMARTS) is 1. The third kappa shape index (κ3) is 2.91. The molecule has 0 aliphatic carbocycles. The van der Waals surface area contributed by atoms with E-state index in [1.54, 1.807) is 6.20 Å². The highest BCUT2D eigenvalue weighted by Crippen LogP contribution is 2.11. The molecule has 1 aromatic rings. The van der Waals surface area contributed by atoms with Crippen LogP contribution in [-0.4, -0.2) is 16.1 Å². The largest absolute Gasteiger partial charge is 0.477 e. The zero-order valence-corrected chi connectivity index (χ0v) is 8.55. The second-order valence-electron chi connectivity index (χ2n) is 3.49. The molecule has 0 atom stereocenters. The van der Waals surface area contributed by atoms with Gasteiger partial charge in [0.15, 0.2) is 0 Å². The van der Waals surface area contributed by atoms with E-state index in [1.807, 2.05) is 6.07 Å². The van der Waals surface area contributed by atoms with Crippen LogP contribution in [0.3, 0.4) is 0 Å². The van der Waals surface area contributed by atoms with Gasteiger partial charge >= 0.3 is 5.97 Å². The fourth-order valence-electron chi connectivity index (χ4n) is 1.55. The molecule has 0 amide bonds. The number of unbranched alkanes of at least 4 members (excludes halogenated alkanes) is 3. The fourth-order valence-corrected chi connectivity index (χ4v) is 1.55. The quantitative estimate of drug-likeness (QED) is 0.686. The predicted molar refractivity (Wildman–Crippen MR) is 55.6 cm³/mol. The van der Waals surface area contributed by atoms with Crippen LogP contribution >= 0.6 is 0 Å². The molecule has 3 heteroatoms. The van der Waals surface area contributed by atoms with Gasteiger partial charge < -0.3 is 10.1 Å². The normalized spacial score (nSPS) is 10.4. The second-order valence-corrected chi connectivity index (χ2v) is 3.49. The lowest BCUT2D eigenvalue weighted by Crippen LogP contribution is -2.01. The lowest BCUT2D eigenvalue weighted by atomic mass is 10.1. The van der Waals surface area contributed by atoms with Crippen LogP contribution in [0.15, 0.2) is 12.3 Å². The summed E-state index contributed by atoms with van der Waals surface area (Å²) in [6.07, 6.45) is 7.25. The third-order valence-corrected chi connectivity index (χ3v) is 2.35. The molecule has 0 radical (unpaired) electrons. The summed E-state index contributed by atoms with van der Waals surface area (Å²) in [5.41, 5.74) is 1.27. The molecule has 0 bridgehead atoms. The van der Waals surface area contributed by atoms with Crippen molar-refractivity contribution in [3.63, 3.8) is 0 Å². The Morgan fingerprint density at radius 1 is 1.43 bits per heavy atom. The lowest BCUT2D eigenvalue weighted by Gasteiger charge is -1.99. The van der Waals surface area contributed by atoms with Crippen LogP contribution in [0.1, 0.15) is 48.7 Å². The summed E-state index contributed by atoms with van der Waals surface area (Å²) < 4.78 is 0. The summed E-state index contributed by atoms with van der Waals surface area (Å²) in [6, 6.07) is 1.86. The average molecular weight is 195 g/mol. The summed E-state index contributed by atoms with van der Waals surface area (Å²) >= 11 is 0. The molecule has 78 valence electrons. The zero-order valence-electron chi connectivity index (χ0n) is 8.55. The summed E-state index contributed by atoms with van der Waals surface area (Å²) in [6.45, 7) is 2.17. The highest BCUT2D eigenvalue weighted by atomic mass is 16.4. The van der Waals surface area contributed by atoms with E-state index in [2.05, 4.69) is 11.9 Å². The summed E-state index contributed by atoms with van der Waals surface area (Å²) in [5.74, 6) is -0.861. The highest BCUT2D eigenvalue weighted by Gasteiger charge is 2.09. The van der Waals surface area contributed by atoms with E-state index >= 15 is 0 Å². The minimum atomic E-state index is -0.861. The Morgan fingerprint density at radius 3 is 2.86 bits per heavy atom. The first-order valence-corrected chi connectivity index (χ1v) is 5.15. The number of carboxylic acids is 1. The molecule has 0 aliphatic heterocycles. The smallest absolute Gasteiger partial charge is 0.352 e. The van der Waals surface area contributed by atoms with Gasteiger partial charge in [0, 0.05) is 6.20 Å². The van der Waals surface area contributed by atoms with E-state index in [4.69, 9.17) is 5.11 Å². The first kappa shape index (κ1) is 10.8. The first-order chi connectivity index (χ1) is 6.75. The molecule has 0 fully saturated rings. The van der Waals surface area contributed by atoms with E-state index in [9.17, 15) is 4.79 Å². The SMILES string of the molecule is CCCCCCc1cc[nH]c1C(=O)O. The van der Waals surface area contributed by atoms with Crippen LogP contribution in [0, 0.1) is 0 Å². The predicted octanol–water partition coefficient (Wildman–Crippen LogP) is 2.84. The van der Waals surface area contributed by atoms with Crippen LogP contribution in [0.4, 0.5) is 0 Å².